The molecule has 1 saturated heterocycles. The molecule has 0 aromatic carbocycles. The standard InChI is InChI=1S/C10H10N2O4/c13-7-1-2-11-8(4-7)12-5-6(10(15)16)3-9(12)14/h1-2,4,6H,3,5H2,(H,11,13)(H,15,16). The number of anilines is 1. The molecule has 0 bridgehead atoms. The van der Waals surface area contributed by atoms with E-state index in [0.717, 1.165) is 0 Å². The van der Waals surface area contributed by atoms with Gasteiger partial charge in [0.05, 0.1) is 5.92 Å². The Hall–Kier alpha value is -2.11. The Balaban J connectivity index is 2.26. The largest absolute Gasteiger partial charge is 0.481 e. The predicted molar refractivity (Wildman–Crippen MR) is 55.2 cm³/mol. The van der Waals surface area contributed by atoms with Crippen LogP contribution in [0.15, 0.2) is 23.1 Å². The van der Waals surface area contributed by atoms with Gasteiger partial charge in [-0.2, -0.15) is 0 Å². The van der Waals surface area contributed by atoms with Crippen molar-refractivity contribution in [3.8, 4) is 0 Å². The summed E-state index contributed by atoms with van der Waals surface area (Å²) in [6.45, 7) is 0.105. The molecule has 84 valence electrons. The molecule has 2 heterocycles. The number of aromatic amines is 1. The Kier molecular flexibility index (Phi) is 2.47. The smallest absolute Gasteiger partial charge is 0.308 e. The molecular weight excluding hydrogens is 212 g/mol. The van der Waals surface area contributed by atoms with E-state index in [1.807, 2.05) is 0 Å². The Morgan fingerprint density at radius 1 is 1.50 bits per heavy atom. The lowest BCUT2D eigenvalue weighted by molar-refractivity contribution is -0.141. The molecule has 0 saturated carbocycles. The Labute approximate surface area is 90.5 Å². The first-order chi connectivity index (χ1) is 7.58. The molecule has 1 amide bonds. The lowest BCUT2D eigenvalue weighted by Crippen LogP contribution is -2.27. The number of carboxylic acid groups (broad SMARTS) is 1. The number of H-pyrrole nitrogens is 1. The zero-order valence-electron chi connectivity index (χ0n) is 8.34. The summed E-state index contributed by atoms with van der Waals surface area (Å²) in [6, 6.07) is 2.61. The number of pyridine rings is 1. The molecule has 6 heteroatoms. The number of nitrogens with zero attached hydrogens (tertiary/aromatic N) is 1. The van der Waals surface area contributed by atoms with Crippen LogP contribution in [0.3, 0.4) is 0 Å². The van der Waals surface area contributed by atoms with Crippen LogP contribution < -0.4 is 10.3 Å². The minimum atomic E-state index is -0.992. The van der Waals surface area contributed by atoms with Crippen molar-refractivity contribution in [3.63, 3.8) is 0 Å². The first kappa shape index (κ1) is 10.4. The van der Waals surface area contributed by atoms with Crippen molar-refractivity contribution in [2.75, 3.05) is 11.4 Å². The first-order valence-electron chi connectivity index (χ1n) is 4.80. The number of amides is 1. The first-order valence-corrected chi connectivity index (χ1v) is 4.80. The van der Waals surface area contributed by atoms with E-state index in [2.05, 4.69) is 4.98 Å². The highest BCUT2D eigenvalue weighted by Crippen LogP contribution is 2.22. The van der Waals surface area contributed by atoms with Crippen molar-refractivity contribution in [1.82, 2.24) is 4.98 Å². The number of carboxylic acids is 1. The van der Waals surface area contributed by atoms with Crippen LogP contribution in [0.1, 0.15) is 6.42 Å². The van der Waals surface area contributed by atoms with Crippen molar-refractivity contribution in [3.05, 3.63) is 28.6 Å². The van der Waals surface area contributed by atoms with Gasteiger partial charge in [-0.05, 0) is 0 Å². The maximum absolute atomic E-state index is 11.5. The van der Waals surface area contributed by atoms with Crippen LogP contribution in [0.5, 0.6) is 0 Å². The highest BCUT2D eigenvalue weighted by Gasteiger charge is 2.35. The van der Waals surface area contributed by atoms with Gasteiger partial charge in [0.25, 0.3) is 0 Å². The molecule has 1 unspecified atom stereocenters. The minimum Gasteiger partial charge on any atom is -0.481 e. The molecule has 1 aliphatic heterocycles. The van der Waals surface area contributed by atoms with Crippen molar-refractivity contribution in [1.29, 1.82) is 0 Å². The molecule has 1 atom stereocenters. The third kappa shape index (κ3) is 1.81. The second-order valence-corrected chi connectivity index (χ2v) is 3.65. The predicted octanol–water partition coefficient (Wildman–Crippen LogP) is -0.188. The Morgan fingerprint density at radius 2 is 2.25 bits per heavy atom. The average molecular weight is 222 g/mol. The maximum atomic E-state index is 11.5. The molecule has 16 heavy (non-hydrogen) atoms. The van der Waals surface area contributed by atoms with Gasteiger partial charge in [0.15, 0.2) is 5.43 Å². The SMILES string of the molecule is O=C(O)C1CC(=O)N(c2cc(=O)cc[nH]2)C1. The highest BCUT2D eigenvalue weighted by molar-refractivity contribution is 5.98. The third-order valence-electron chi connectivity index (χ3n) is 2.52. The fourth-order valence-electron chi connectivity index (χ4n) is 1.70. The number of aliphatic carboxylic acids is 1. The molecule has 1 aromatic heterocycles. The van der Waals surface area contributed by atoms with E-state index in [-0.39, 0.29) is 24.3 Å². The number of hydrogen-bond donors (Lipinski definition) is 2. The zero-order valence-corrected chi connectivity index (χ0v) is 8.34. The van der Waals surface area contributed by atoms with E-state index in [0.29, 0.717) is 5.82 Å². The van der Waals surface area contributed by atoms with Crippen molar-refractivity contribution in [2.24, 2.45) is 5.92 Å². The van der Waals surface area contributed by atoms with Crippen LogP contribution >= 0.6 is 0 Å². The summed E-state index contributed by atoms with van der Waals surface area (Å²) in [5.74, 6) is -1.62. The number of aromatic nitrogens is 1. The van der Waals surface area contributed by atoms with Gasteiger partial charge in [-0.1, -0.05) is 0 Å². The van der Waals surface area contributed by atoms with Gasteiger partial charge in [-0.15, -0.1) is 0 Å². The normalized spacial score (nSPS) is 20.1. The number of hydrogen-bond acceptors (Lipinski definition) is 3. The van der Waals surface area contributed by atoms with Crippen LogP contribution in [0.4, 0.5) is 5.82 Å². The van der Waals surface area contributed by atoms with E-state index >= 15 is 0 Å². The van der Waals surface area contributed by atoms with Crippen LogP contribution in [0.2, 0.25) is 0 Å². The van der Waals surface area contributed by atoms with E-state index in [9.17, 15) is 14.4 Å². The van der Waals surface area contributed by atoms with E-state index in [4.69, 9.17) is 5.11 Å². The number of carbonyl (C=O) groups is 2. The maximum Gasteiger partial charge on any atom is 0.308 e. The second kappa shape index (κ2) is 3.80. The van der Waals surface area contributed by atoms with Gasteiger partial charge < -0.3 is 10.1 Å². The van der Waals surface area contributed by atoms with E-state index in [1.165, 1.54) is 23.2 Å². The Morgan fingerprint density at radius 3 is 2.81 bits per heavy atom. The molecule has 2 N–H and O–H groups in total. The highest BCUT2D eigenvalue weighted by atomic mass is 16.4. The van der Waals surface area contributed by atoms with Gasteiger partial charge >= 0.3 is 5.97 Å². The lowest BCUT2D eigenvalue weighted by atomic mass is 10.1. The number of carbonyl (C=O) groups excluding carboxylic acids is 1. The van der Waals surface area contributed by atoms with E-state index < -0.39 is 11.9 Å². The molecule has 1 aromatic rings. The summed E-state index contributed by atoms with van der Waals surface area (Å²) >= 11 is 0. The fourth-order valence-corrected chi connectivity index (χ4v) is 1.70. The number of nitrogens with one attached hydrogen (secondary N) is 1. The molecule has 0 radical (unpaired) electrons. The summed E-state index contributed by atoms with van der Waals surface area (Å²) < 4.78 is 0. The fraction of sp³-hybridized carbons (Fsp3) is 0.300. The third-order valence-corrected chi connectivity index (χ3v) is 2.52. The Bertz CT molecular complexity index is 494. The van der Waals surface area contributed by atoms with Gasteiger partial charge in [0, 0.05) is 31.3 Å². The molecule has 2 rings (SSSR count). The summed E-state index contributed by atoms with van der Waals surface area (Å²) in [4.78, 5) is 37.4. The topological polar surface area (TPSA) is 90.5 Å². The summed E-state index contributed by atoms with van der Waals surface area (Å²) in [6.07, 6.45) is 1.41. The quantitative estimate of drug-likeness (QED) is 0.725. The number of rotatable bonds is 2. The van der Waals surface area contributed by atoms with Gasteiger partial charge in [-0.25, -0.2) is 0 Å². The molecule has 6 nitrogen and oxygen atoms in total. The van der Waals surface area contributed by atoms with Crippen molar-refractivity contribution < 1.29 is 14.7 Å². The van der Waals surface area contributed by atoms with Gasteiger partial charge in [0.2, 0.25) is 5.91 Å². The monoisotopic (exact) mass is 222 g/mol. The van der Waals surface area contributed by atoms with E-state index in [1.54, 1.807) is 0 Å². The summed E-state index contributed by atoms with van der Waals surface area (Å²) in [5.41, 5.74) is -0.222. The van der Waals surface area contributed by atoms with Gasteiger partial charge in [0.1, 0.15) is 5.82 Å². The minimum absolute atomic E-state index is 0.0216. The van der Waals surface area contributed by atoms with Gasteiger partial charge in [-0.3, -0.25) is 19.3 Å². The van der Waals surface area contributed by atoms with Crippen molar-refractivity contribution >= 4 is 17.7 Å². The van der Waals surface area contributed by atoms with Crippen LogP contribution in [0, 0.1) is 5.92 Å². The lowest BCUT2D eigenvalue weighted by Gasteiger charge is -2.14. The molecule has 1 aliphatic rings. The second-order valence-electron chi connectivity index (χ2n) is 3.65. The summed E-state index contributed by atoms with van der Waals surface area (Å²) in [7, 11) is 0. The summed E-state index contributed by atoms with van der Waals surface area (Å²) in [5, 5.41) is 8.80. The van der Waals surface area contributed by atoms with Crippen molar-refractivity contribution in [2.45, 2.75) is 6.42 Å². The zero-order chi connectivity index (χ0) is 11.7. The van der Waals surface area contributed by atoms with Crippen LogP contribution in [-0.2, 0) is 9.59 Å². The molecular formula is C10H10N2O4. The van der Waals surface area contributed by atoms with Crippen LogP contribution in [-0.4, -0.2) is 28.5 Å². The van der Waals surface area contributed by atoms with Crippen LogP contribution in [0.25, 0.3) is 0 Å². The average Bonchev–Trinajstić information content (AvgIpc) is 2.60. The molecule has 0 spiro atoms. The molecule has 1 fully saturated rings. The molecule has 0 aliphatic carbocycles.